The Morgan fingerprint density at radius 3 is 2.00 bits per heavy atom. The maximum Gasteiger partial charge on any atom is 0.317 e. The van der Waals surface area contributed by atoms with E-state index < -0.39 is 28.7 Å². The van der Waals surface area contributed by atoms with Gasteiger partial charge in [0.1, 0.15) is 0 Å². The first-order valence-corrected chi connectivity index (χ1v) is 20.9. The minimum absolute atomic E-state index is 0.0351. The van der Waals surface area contributed by atoms with Crippen LogP contribution < -0.4 is 32.6 Å². The van der Waals surface area contributed by atoms with E-state index >= 15 is 0 Å². The van der Waals surface area contributed by atoms with Gasteiger partial charge in [-0.2, -0.15) is 4.98 Å². The van der Waals surface area contributed by atoms with Crippen molar-refractivity contribution in [2.45, 2.75) is 64.7 Å². The zero-order chi connectivity index (χ0) is 46.0. The lowest BCUT2D eigenvalue weighted by molar-refractivity contribution is -0.140. The third-order valence-electron chi connectivity index (χ3n) is 10.1. The number of ether oxygens (including phenoxy) is 2. The summed E-state index contributed by atoms with van der Waals surface area (Å²) in [5.74, 6) is -2.60. The van der Waals surface area contributed by atoms with Crippen molar-refractivity contribution in [3.05, 3.63) is 52.1 Å². The van der Waals surface area contributed by atoms with Crippen LogP contribution in [0, 0.1) is 0 Å². The highest BCUT2D eigenvalue weighted by molar-refractivity contribution is 5.94. The van der Waals surface area contributed by atoms with Gasteiger partial charge in [0.2, 0.25) is 17.8 Å². The van der Waals surface area contributed by atoms with Crippen molar-refractivity contribution in [3.8, 4) is 0 Å². The molecule has 63 heavy (non-hydrogen) atoms. The van der Waals surface area contributed by atoms with Crippen molar-refractivity contribution in [2.24, 2.45) is 0 Å². The molecule has 1 aliphatic rings. The first-order chi connectivity index (χ1) is 29.9. The number of anilines is 2. The molecule has 3 amide bonds. The minimum atomic E-state index is -0.964. The van der Waals surface area contributed by atoms with Crippen molar-refractivity contribution in [3.63, 3.8) is 0 Å². The molecule has 3 aromatic rings. The number of hydrogen-bond acceptors (Lipinski definition) is 16. The quantitative estimate of drug-likeness (QED) is 0.0537. The maximum atomic E-state index is 12.9. The molecule has 0 radical (unpaired) electrons. The molecule has 1 aliphatic heterocycles. The van der Waals surface area contributed by atoms with Gasteiger partial charge in [0.25, 0.3) is 11.5 Å². The highest BCUT2D eigenvalue weighted by Crippen LogP contribution is 2.17. The molecule has 22 heteroatoms. The van der Waals surface area contributed by atoms with E-state index in [-0.39, 0.29) is 74.0 Å². The smallest absolute Gasteiger partial charge is 0.317 e. The van der Waals surface area contributed by atoms with Crippen molar-refractivity contribution in [2.75, 3.05) is 103 Å². The second kappa shape index (κ2) is 24.1. The zero-order valence-electron chi connectivity index (χ0n) is 36.5. The van der Waals surface area contributed by atoms with Crippen LogP contribution >= 0.6 is 0 Å². The molecule has 9 N–H and O–H groups in total. The minimum Gasteiger partial charge on any atom is -0.480 e. The molecule has 22 nitrogen and oxygen atoms in total. The molecule has 346 valence electrons. The number of nitrogens with zero attached hydrogens (tertiary/aromatic N) is 6. The fourth-order valence-electron chi connectivity index (χ4n) is 6.45. The summed E-state index contributed by atoms with van der Waals surface area (Å²) in [6.45, 7) is 11.8. The molecule has 0 spiro atoms. The first kappa shape index (κ1) is 49.8. The number of nitrogens with two attached hydrogens (primary N) is 1. The Labute approximate surface area is 365 Å². The third kappa shape index (κ3) is 18.6. The number of benzene rings is 1. The summed E-state index contributed by atoms with van der Waals surface area (Å²) in [6, 6.07) is 6.84. The number of carbonyl (C=O) groups is 5. The van der Waals surface area contributed by atoms with Crippen LogP contribution in [0.1, 0.15) is 63.0 Å². The van der Waals surface area contributed by atoms with Crippen LogP contribution in [0.2, 0.25) is 0 Å². The standard InChI is InChI=1S/C41H62N12O10/c1-40(2,11-20-62-41(3,4)27-47-32(55)24-51-14-16-52(25-33(56)57)18-19-53(17-15-51)26-34(58)59)63-21-13-43-31(54)6-5-12-44-37(60)28-7-9-29(10-8-28)45-22-30-23-46-36-35(48-30)38(61)50-39(42)49-36/h7-10,23,45H,5-6,11-22,24-27H2,1-4H3,(H,43,54)(H,44,60)(H,47,55)(H,56,57)(H,58,59)(H3,42,46,49,50,61). The Hall–Kier alpha value is -5.81. The summed E-state index contributed by atoms with van der Waals surface area (Å²) >= 11 is 0. The average Bonchev–Trinajstić information content (AvgIpc) is 3.30. The molecular weight excluding hydrogens is 821 g/mol. The molecule has 1 saturated heterocycles. The summed E-state index contributed by atoms with van der Waals surface area (Å²) in [4.78, 5) is 92.9. The highest BCUT2D eigenvalue weighted by atomic mass is 16.5. The molecule has 3 heterocycles. The Kier molecular flexibility index (Phi) is 19.1. The van der Waals surface area contributed by atoms with Crippen LogP contribution in [0.5, 0.6) is 0 Å². The van der Waals surface area contributed by atoms with Gasteiger partial charge in [0.05, 0.1) is 62.5 Å². The number of nitrogen functional groups attached to an aromatic ring is 1. The van der Waals surface area contributed by atoms with Gasteiger partial charge in [0, 0.05) is 76.6 Å². The number of amides is 3. The van der Waals surface area contributed by atoms with E-state index in [1.165, 1.54) is 6.20 Å². The number of fused-ring (bicyclic) bond motifs is 1. The molecule has 0 aliphatic carbocycles. The van der Waals surface area contributed by atoms with Gasteiger partial charge >= 0.3 is 11.9 Å². The fourth-order valence-corrected chi connectivity index (χ4v) is 6.45. The number of carbonyl (C=O) groups excluding carboxylic acids is 3. The van der Waals surface area contributed by atoms with Crippen LogP contribution in [0.25, 0.3) is 11.2 Å². The predicted molar refractivity (Wildman–Crippen MR) is 233 cm³/mol. The van der Waals surface area contributed by atoms with Gasteiger partial charge in [-0.1, -0.05) is 0 Å². The molecule has 0 atom stereocenters. The van der Waals surface area contributed by atoms with Gasteiger partial charge in [-0.25, -0.2) is 9.97 Å². The van der Waals surface area contributed by atoms with Gasteiger partial charge in [0.15, 0.2) is 11.2 Å². The van der Waals surface area contributed by atoms with E-state index in [0.29, 0.717) is 89.7 Å². The Morgan fingerprint density at radius 2 is 1.38 bits per heavy atom. The zero-order valence-corrected chi connectivity index (χ0v) is 36.5. The third-order valence-corrected chi connectivity index (χ3v) is 10.1. The number of aromatic nitrogens is 4. The monoisotopic (exact) mass is 882 g/mol. The summed E-state index contributed by atoms with van der Waals surface area (Å²) in [5, 5.41) is 30.3. The molecular formula is C41H62N12O10. The Bertz CT molecular complexity index is 2040. The number of rotatable bonds is 24. The van der Waals surface area contributed by atoms with Gasteiger partial charge in [-0.15, -0.1) is 0 Å². The second-order valence-electron chi connectivity index (χ2n) is 16.5. The molecule has 2 aromatic heterocycles. The highest BCUT2D eigenvalue weighted by Gasteiger charge is 2.25. The Balaban J connectivity index is 1.05. The molecule has 0 saturated carbocycles. The van der Waals surface area contributed by atoms with E-state index in [0.717, 1.165) is 5.69 Å². The summed E-state index contributed by atoms with van der Waals surface area (Å²) in [5.41, 5.74) is 5.81. The van der Waals surface area contributed by atoms with Crippen molar-refractivity contribution < 1.29 is 43.7 Å². The van der Waals surface area contributed by atoms with E-state index in [2.05, 4.69) is 41.2 Å². The summed E-state index contributed by atoms with van der Waals surface area (Å²) < 4.78 is 12.1. The first-order valence-electron chi connectivity index (χ1n) is 20.9. The summed E-state index contributed by atoms with van der Waals surface area (Å²) in [6.07, 6.45) is 2.74. The largest absolute Gasteiger partial charge is 0.480 e. The van der Waals surface area contributed by atoms with Crippen LogP contribution in [-0.2, 0) is 35.2 Å². The number of H-pyrrole nitrogens is 1. The number of aromatic amines is 1. The van der Waals surface area contributed by atoms with Crippen molar-refractivity contribution in [1.82, 2.24) is 50.6 Å². The van der Waals surface area contributed by atoms with Gasteiger partial charge < -0.3 is 46.7 Å². The lowest BCUT2D eigenvalue weighted by Gasteiger charge is -2.30. The molecule has 0 bridgehead atoms. The SMILES string of the molecule is CC(C)(CCOC(C)(C)CNC(=O)CN1CCN(CC(=O)O)CCN(CC(=O)O)CC1)OCCNC(=O)CCCNC(=O)c1ccc(NCc2cnc3nc(N)[nH]c(=O)c3n2)cc1. The van der Waals surface area contributed by atoms with Crippen molar-refractivity contribution >= 4 is 52.5 Å². The van der Waals surface area contributed by atoms with E-state index in [9.17, 15) is 39.0 Å². The van der Waals surface area contributed by atoms with Gasteiger partial charge in [-0.05, 0) is 64.8 Å². The van der Waals surface area contributed by atoms with E-state index in [4.69, 9.17) is 15.2 Å². The number of nitrogens with one attached hydrogen (secondary N) is 5. The van der Waals surface area contributed by atoms with Crippen LogP contribution in [0.15, 0.2) is 35.3 Å². The van der Waals surface area contributed by atoms with Crippen LogP contribution in [-0.4, -0.2) is 177 Å². The van der Waals surface area contributed by atoms with Crippen LogP contribution in [0.3, 0.4) is 0 Å². The number of carboxylic acids is 2. The van der Waals surface area contributed by atoms with Gasteiger partial charge in [-0.3, -0.25) is 48.5 Å². The molecule has 4 rings (SSSR count). The lowest BCUT2D eigenvalue weighted by atomic mass is 10.1. The molecule has 0 unspecified atom stereocenters. The number of aliphatic carboxylic acids is 2. The normalized spacial score (nSPS) is 14.6. The van der Waals surface area contributed by atoms with Crippen molar-refractivity contribution in [1.29, 1.82) is 0 Å². The second-order valence-corrected chi connectivity index (χ2v) is 16.5. The fraction of sp³-hybridized carbons (Fsp3) is 0.585. The predicted octanol–water partition coefficient (Wildman–Crippen LogP) is -0.281. The number of hydrogen-bond donors (Lipinski definition) is 8. The molecule has 1 aromatic carbocycles. The molecule has 1 fully saturated rings. The topological polar surface area (TPSA) is 300 Å². The maximum absolute atomic E-state index is 12.9. The van der Waals surface area contributed by atoms with Crippen LogP contribution in [0.4, 0.5) is 11.6 Å². The lowest BCUT2D eigenvalue weighted by Crippen LogP contribution is -2.47. The number of carboxylic acid groups (broad SMARTS) is 2. The van der Waals surface area contributed by atoms with E-state index in [1.54, 1.807) is 34.1 Å². The van der Waals surface area contributed by atoms with E-state index in [1.807, 2.05) is 32.6 Å². The Morgan fingerprint density at radius 1 is 0.778 bits per heavy atom. The average molecular weight is 883 g/mol. The summed E-state index contributed by atoms with van der Waals surface area (Å²) in [7, 11) is 0.